The third-order valence-corrected chi connectivity index (χ3v) is 3.55. The first-order valence-corrected chi connectivity index (χ1v) is 7.05. The molecule has 1 aromatic rings. The van der Waals surface area contributed by atoms with Crippen molar-refractivity contribution in [1.82, 2.24) is 15.5 Å². The Bertz CT molecular complexity index is 366. The van der Waals surface area contributed by atoms with E-state index in [-0.39, 0.29) is 6.04 Å². The lowest BCUT2D eigenvalue weighted by molar-refractivity contribution is 0.390. The minimum atomic E-state index is 0.131. The molecular formula is C13H24N4O. The van der Waals surface area contributed by atoms with Gasteiger partial charge in [0, 0.05) is 12.6 Å². The molecule has 1 saturated heterocycles. The Balaban J connectivity index is 2.00. The molecule has 0 aromatic carbocycles. The Morgan fingerprint density at radius 1 is 1.44 bits per heavy atom. The normalized spacial score (nSPS) is 22.2. The maximum atomic E-state index is 5.79. The lowest BCUT2D eigenvalue weighted by Crippen LogP contribution is -2.37. The van der Waals surface area contributed by atoms with Crippen LogP contribution in [-0.2, 0) is 0 Å². The van der Waals surface area contributed by atoms with Gasteiger partial charge in [-0.3, -0.25) is 0 Å². The Hall–Kier alpha value is -1.10. The van der Waals surface area contributed by atoms with Gasteiger partial charge in [-0.25, -0.2) is 0 Å². The van der Waals surface area contributed by atoms with E-state index in [4.69, 9.17) is 4.42 Å². The summed E-state index contributed by atoms with van der Waals surface area (Å²) in [7, 11) is 0. The minimum absolute atomic E-state index is 0.131. The average molecular weight is 252 g/mol. The van der Waals surface area contributed by atoms with Crippen LogP contribution in [0.5, 0.6) is 0 Å². The molecule has 0 bridgehead atoms. The van der Waals surface area contributed by atoms with Gasteiger partial charge in [-0.15, -0.1) is 5.10 Å². The van der Waals surface area contributed by atoms with Crippen molar-refractivity contribution in [2.24, 2.45) is 0 Å². The fourth-order valence-corrected chi connectivity index (χ4v) is 2.35. The number of hydrogen-bond acceptors (Lipinski definition) is 5. The first kappa shape index (κ1) is 13.3. The van der Waals surface area contributed by atoms with E-state index in [1.807, 2.05) is 0 Å². The molecule has 18 heavy (non-hydrogen) atoms. The third kappa shape index (κ3) is 3.02. The molecule has 0 spiro atoms. The Kier molecular flexibility index (Phi) is 4.58. The highest BCUT2D eigenvalue weighted by molar-refractivity contribution is 5.27. The van der Waals surface area contributed by atoms with Crippen LogP contribution in [0.3, 0.4) is 0 Å². The van der Waals surface area contributed by atoms with Crippen molar-refractivity contribution in [1.29, 1.82) is 0 Å². The Labute approximate surface area is 109 Å². The van der Waals surface area contributed by atoms with Crippen LogP contribution in [-0.4, -0.2) is 29.3 Å². The number of rotatable bonds is 5. The molecule has 0 aliphatic carbocycles. The van der Waals surface area contributed by atoms with Gasteiger partial charge >= 0.3 is 6.01 Å². The van der Waals surface area contributed by atoms with Crippen molar-refractivity contribution in [2.75, 3.05) is 18.0 Å². The molecule has 102 valence electrons. The lowest BCUT2D eigenvalue weighted by Gasteiger charge is -2.31. The zero-order valence-corrected chi connectivity index (χ0v) is 11.6. The van der Waals surface area contributed by atoms with E-state index in [1.54, 1.807) is 0 Å². The second-order valence-electron chi connectivity index (χ2n) is 5.14. The molecule has 1 fully saturated rings. The first-order chi connectivity index (χ1) is 8.72. The molecule has 2 heterocycles. The van der Waals surface area contributed by atoms with Crippen LogP contribution < -0.4 is 10.2 Å². The quantitative estimate of drug-likeness (QED) is 0.872. The molecular weight excluding hydrogens is 228 g/mol. The van der Waals surface area contributed by atoms with E-state index in [1.165, 1.54) is 19.3 Å². The number of anilines is 1. The Morgan fingerprint density at radius 3 is 3.00 bits per heavy atom. The lowest BCUT2D eigenvalue weighted by atomic mass is 10.0. The summed E-state index contributed by atoms with van der Waals surface area (Å²) < 4.78 is 5.79. The molecule has 0 saturated carbocycles. The van der Waals surface area contributed by atoms with Gasteiger partial charge in [0.15, 0.2) is 0 Å². The highest BCUT2D eigenvalue weighted by atomic mass is 16.4. The van der Waals surface area contributed by atoms with Gasteiger partial charge in [0.1, 0.15) is 0 Å². The summed E-state index contributed by atoms with van der Waals surface area (Å²) in [6, 6.07) is 1.32. The highest BCUT2D eigenvalue weighted by Gasteiger charge is 2.24. The van der Waals surface area contributed by atoms with Crippen LogP contribution in [0.4, 0.5) is 6.01 Å². The molecule has 0 radical (unpaired) electrons. The molecule has 1 aliphatic rings. The van der Waals surface area contributed by atoms with Crippen LogP contribution in [0.25, 0.3) is 0 Å². The van der Waals surface area contributed by atoms with Gasteiger partial charge in [0.05, 0.1) is 6.04 Å². The van der Waals surface area contributed by atoms with E-state index in [2.05, 4.69) is 41.2 Å². The van der Waals surface area contributed by atoms with E-state index in [0.717, 1.165) is 19.5 Å². The zero-order chi connectivity index (χ0) is 13.0. The second kappa shape index (κ2) is 6.18. The van der Waals surface area contributed by atoms with Crippen molar-refractivity contribution >= 4 is 6.01 Å². The molecule has 2 unspecified atom stereocenters. The van der Waals surface area contributed by atoms with Crippen LogP contribution in [0, 0.1) is 0 Å². The van der Waals surface area contributed by atoms with Crippen LogP contribution in [0.15, 0.2) is 4.42 Å². The molecule has 2 atom stereocenters. The van der Waals surface area contributed by atoms with Gasteiger partial charge in [-0.05, 0) is 46.1 Å². The summed E-state index contributed by atoms with van der Waals surface area (Å²) in [4.78, 5) is 2.23. The third-order valence-electron chi connectivity index (χ3n) is 3.55. The van der Waals surface area contributed by atoms with Crippen molar-refractivity contribution < 1.29 is 4.42 Å². The number of hydrogen-bond donors (Lipinski definition) is 1. The summed E-state index contributed by atoms with van der Waals surface area (Å²) >= 11 is 0. The van der Waals surface area contributed by atoms with Gasteiger partial charge < -0.3 is 14.6 Å². The molecule has 2 rings (SSSR count). The van der Waals surface area contributed by atoms with Crippen LogP contribution in [0.2, 0.25) is 0 Å². The average Bonchev–Trinajstić information content (AvgIpc) is 2.86. The standard InChI is InChI=1S/C13H24N4O/c1-4-8-14-11(3)12-15-16-13(18-12)17-9-6-5-7-10(17)2/h10-11,14H,4-9H2,1-3H3. The number of nitrogens with one attached hydrogen (secondary N) is 1. The summed E-state index contributed by atoms with van der Waals surface area (Å²) in [5.74, 6) is 0.691. The van der Waals surface area contributed by atoms with Gasteiger partial charge in [0.2, 0.25) is 5.89 Å². The molecule has 1 N–H and O–H groups in total. The highest BCUT2D eigenvalue weighted by Crippen LogP contribution is 2.24. The van der Waals surface area contributed by atoms with Gasteiger partial charge in [0.25, 0.3) is 0 Å². The second-order valence-corrected chi connectivity index (χ2v) is 5.14. The molecule has 0 amide bonds. The van der Waals surface area contributed by atoms with E-state index in [0.29, 0.717) is 17.9 Å². The maximum Gasteiger partial charge on any atom is 0.318 e. The van der Waals surface area contributed by atoms with Crippen LogP contribution >= 0.6 is 0 Å². The maximum absolute atomic E-state index is 5.79. The predicted molar refractivity (Wildman–Crippen MR) is 71.7 cm³/mol. The zero-order valence-electron chi connectivity index (χ0n) is 11.6. The summed E-state index contributed by atoms with van der Waals surface area (Å²) in [6.07, 6.45) is 4.83. The number of nitrogens with zero attached hydrogens (tertiary/aromatic N) is 3. The monoisotopic (exact) mass is 252 g/mol. The predicted octanol–water partition coefficient (Wildman–Crippen LogP) is 2.51. The largest absolute Gasteiger partial charge is 0.406 e. The molecule has 1 aromatic heterocycles. The Morgan fingerprint density at radius 2 is 2.28 bits per heavy atom. The van der Waals surface area contributed by atoms with Crippen molar-refractivity contribution in [3.05, 3.63) is 5.89 Å². The summed E-state index contributed by atoms with van der Waals surface area (Å²) in [5.41, 5.74) is 0. The summed E-state index contributed by atoms with van der Waals surface area (Å²) in [6.45, 7) is 8.43. The smallest absolute Gasteiger partial charge is 0.318 e. The van der Waals surface area contributed by atoms with E-state index >= 15 is 0 Å². The van der Waals surface area contributed by atoms with Crippen molar-refractivity contribution in [3.8, 4) is 0 Å². The topological polar surface area (TPSA) is 54.2 Å². The van der Waals surface area contributed by atoms with Gasteiger partial charge in [-0.1, -0.05) is 12.0 Å². The summed E-state index contributed by atoms with van der Waals surface area (Å²) in [5, 5.41) is 11.7. The molecule has 5 heteroatoms. The molecule has 5 nitrogen and oxygen atoms in total. The number of aromatic nitrogens is 2. The number of piperidine rings is 1. The fourth-order valence-electron chi connectivity index (χ4n) is 2.35. The van der Waals surface area contributed by atoms with E-state index in [9.17, 15) is 0 Å². The van der Waals surface area contributed by atoms with Crippen molar-refractivity contribution in [2.45, 2.75) is 58.5 Å². The van der Waals surface area contributed by atoms with Crippen LogP contribution in [0.1, 0.15) is 58.4 Å². The van der Waals surface area contributed by atoms with Gasteiger partial charge in [-0.2, -0.15) is 0 Å². The molecule has 1 aliphatic heterocycles. The van der Waals surface area contributed by atoms with E-state index < -0.39 is 0 Å². The fraction of sp³-hybridized carbons (Fsp3) is 0.846. The SMILES string of the molecule is CCCNC(C)c1nnc(N2CCCCC2C)o1. The minimum Gasteiger partial charge on any atom is -0.406 e. The van der Waals surface area contributed by atoms with Crippen molar-refractivity contribution in [3.63, 3.8) is 0 Å². The first-order valence-electron chi connectivity index (χ1n) is 7.05.